The van der Waals surface area contributed by atoms with Crippen molar-refractivity contribution in [2.75, 3.05) is 39.3 Å². The van der Waals surface area contributed by atoms with Crippen molar-refractivity contribution in [2.45, 2.75) is 84.7 Å². The van der Waals surface area contributed by atoms with Crippen LogP contribution in [0, 0.1) is 12.8 Å². The molecule has 0 radical (unpaired) electrons. The van der Waals surface area contributed by atoms with E-state index in [1.807, 2.05) is 4.90 Å². The number of unbranched alkanes of at least 4 members (excludes halogenated alkanes) is 2. The third kappa shape index (κ3) is 4.87. The van der Waals surface area contributed by atoms with E-state index in [0.29, 0.717) is 11.7 Å². The molecule has 2 N–H and O–H groups in total. The number of hydrogen-bond acceptors (Lipinski definition) is 3. The molecule has 4 nitrogen and oxygen atoms in total. The van der Waals surface area contributed by atoms with Crippen LogP contribution in [0.25, 0.3) is 0 Å². The first kappa shape index (κ1) is 23.6. The van der Waals surface area contributed by atoms with Gasteiger partial charge in [0.25, 0.3) is 0 Å². The van der Waals surface area contributed by atoms with Gasteiger partial charge in [0, 0.05) is 37.0 Å². The van der Waals surface area contributed by atoms with Crippen molar-refractivity contribution in [1.82, 2.24) is 4.90 Å². The van der Waals surface area contributed by atoms with E-state index in [-0.39, 0.29) is 11.5 Å². The normalized spacial score (nSPS) is 29.7. The van der Waals surface area contributed by atoms with Crippen molar-refractivity contribution in [3.8, 4) is 11.5 Å². The first-order chi connectivity index (χ1) is 15.3. The van der Waals surface area contributed by atoms with Crippen LogP contribution in [-0.2, 0) is 6.42 Å². The lowest BCUT2D eigenvalue weighted by molar-refractivity contribution is -0.914. The Morgan fingerprint density at radius 2 is 1.81 bits per heavy atom. The monoisotopic (exact) mass is 441 g/mol. The fraction of sp³-hybridized carbons (Fsp3) is 0.714. The van der Waals surface area contributed by atoms with Crippen molar-refractivity contribution in [1.29, 1.82) is 0 Å². The van der Waals surface area contributed by atoms with Crippen molar-refractivity contribution in [3.05, 3.63) is 34.4 Å². The minimum Gasteiger partial charge on any atom is -0.507 e. The van der Waals surface area contributed by atoms with E-state index >= 15 is 0 Å². The molecule has 0 spiro atoms. The fourth-order valence-electron chi connectivity index (χ4n) is 6.20. The average Bonchev–Trinajstić information content (AvgIpc) is 2.78. The standard InChI is InChI=1S/C22H32O2.C6H12N2/c1-6-7-8-9-16-13-19-20(21(23)15(16)3)17-12-14(2)10-11-18(17)22(4,5)24-19;1-2-8-5-3-7(1)4-6-8/h12-13,17-18,23H,6-11H2,1-5H3;1-6H2/p+1/t17-,18-;/m1./s1. The van der Waals surface area contributed by atoms with Crippen LogP contribution < -0.4 is 9.64 Å². The van der Waals surface area contributed by atoms with Crippen LogP contribution in [0.1, 0.15) is 82.4 Å². The van der Waals surface area contributed by atoms with Crippen LogP contribution in [0.15, 0.2) is 17.7 Å². The second kappa shape index (κ2) is 9.77. The number of piperazine rings is 3. The number of ether oxygens (including phenoxy) is 1. The maximum Gasteiger partial charge on any atom is 0.127 e. The Balaban J connectivity index is 0.000000254. The van der Waals surface area contributed by atoms with Gasteiger partial charge in [-0.05, 0) is 70.6 Å². The summed E-state index contributed by atoms with van der Waals surface area (Å²) in [5, 5.41) is 11.0. The number of benzene rings is 1. The second-order valence-electron chi connectivity index (χ2n) is 11.1. The van der Waals surface area contributed by atoms with Crippen LogP contribution in [0.5, 0.6) is 11.5 Å². The number of nitrogens with one attached hydrogen (secondary N) is 1. The number of quaternary nitrogens is 1. The van der Waals surface area contributed by atoms with Gasteiger partial charge in [-0.25, -0.2) is 0 Å². The van der Waals surface area contributed by atoms with Crippen molar-refractivity contribution in [3.63, 3.8) is 0 Å². The van der Waals surface area contributed by atoms with Gasteiger partial charge in [0.05, 0.1) is 19.6 Å². The van der Waals surface area contributed by atoms with Gasteiger partial charge < -0.3 is 14.7 Å². The highest BCUT2D eigenvalue weighted by Gasteiger charge is 2.45. The zero-order valence-corrected chi connectivity index (χ0v) is 21.1. The summed E-state index contributed by atoms with van der Waals surface area (Å²) in [5.41, 5.74) is 4.56. The molecule has 1 aromatic rings. The maximum absolute atomic E-state index is 11.0. The van der Waals surface area contributed by atoms with Gasteiger partial charge in [0.1, 0.15) is 17.1 Å². The first-order valence-electron chi connectivity index (χ1n) is 13.1. The van der Waals surface area contributed by atoms with Gasteiger partial charge in [-0.2, -0.15) is 0 Å². The van der Waals surface area contributed by atoms with Gasteiger partial charge in [-0.3, -0.25) is 4.90 Å². The van der Waals surface area contributed by atoms with Crippen LogP contribution in [-0.4, -0.2) is 54.9 Å². The molecule has 5 aliphatic rings. The van der Waals surface area contributed by atoms with E-state index in [1.54, 1.807) is 0 Å². The highest BCUT2D eigenvalue weighted by atomic mass is 16.5. The predicted molar refractivity (Wildman–Crippen MR) is 132 cm³/mol. The van der Waals surface area contributed by atoms with E-state index in [9.17, 15) is 5.11 Å². The first-order valence-corrected chi connectivity index (χ1v) is 13.1. The molecule has 3 fully saturated rings. The summed E-state index contributed by atoms with van der Waals surface area (Å²) < 4.78 is 6.42. The molecule has 1 aromatic carbocycles. The zero-order chi connectivity index (χ0) is 22.9. The number of fused-ring (bicyclic) bond motifs is 6. The van der Waals surface area contributed by atoms with E-state index in [2.05, 4.69) is 51.7 Å². The molecule has 0 amide bonds. The highest BCUT2D eigenvalue weighted by Crippen LogP contribution is 2.54. The smallest absolute Gasteiger partial charge is 0.127 e. The molecule has 2 atom stereocenters. The lowest BCUT2D eigenvalue weighted by Gasteiger charge is -2.46. The molecule has 178 valence electrons. The summed E-state index contributed by atoms with van der Waals surface area (Å²) in [5.74, 6) is 2.09. The molecule has 4 aliphatic heterocycles. The Labute approximate surface area is 195 Å². The maximum atomic E-state index is 11.0. The van der Waals surface area contributed by atoms with E-state index < -0.39 is 0 Å². The molecule has 4 heterocycles. The van der Waals surface area contributed by atoms with Crippen LogP contribution in [0.2, 0.25) is 0 Å². The molecular formula is C28H45N2O2+. The minimum atomic E-state index is -0.183. The minimum absolute atomic E-state index is 0.183. The summed E-state index contributed by atoms with van der Waals surface area (Å²) in [4.78, 5) is 4.39. The summed E-state index contributed by atoms with van der Waals surface area (Å²) in [7, 11) is 0. The Bertz CT molecular complexity index is 813. The highest BCUT2D eigenvalue weighted by molar-refractivity contribution is 5.58. The molecule has 0 unspecified atom stereocenters. The number of phenolic OH excluding ortho intramolecular Hbond substituents is 1. The van der Waals surface area contributed by atoms with E-state index in [1.165, 1.54) is 69.7 Å². The second-order valence-corrected chi connectivity index (χ2v) is 11.1. The van der Waals surface area contributed by atoms with Crippen LogP contribution in [0.3, 0.4) is 0 Å². The molecule has 4 heteroatoms. The summed E-state index contributed by atoms with van der Waals surface area (Å²) in [6, 6.07) is 2.20. The lowest BCUT2D eigenvalue weighted by atomic mass is 9.67. The Hall–Kier alpha value is -1.52. The van der Waals surface area contributed by atoms with Crippen LogP contribution in [0.4, 0.5) is 0 Å². The van der Waals surface area contributed by atoms with Gasteiger partial charge in [-0.15, -0.1) is 0 Å². The van der Waals surface area contributed by atoms with Gasteiger partial charge in [-0.1, -0.05) is 31.4 Å². The molecular weight excluding hydrogens is 396 g/mol. The Kier molecular flexibility index (Phi) is 7.21. The number of aromatic hydroxyl groups is 1. The summed E-state index contributed by atoms with van der Waals surface area (Å²) in [6.07, 6.45) is 9.28. The molecule has 0 saturated carbocycles. The molecule has 32 heavy (non-hydrogen) atoms. The van der Waals surface area contributed by atoms with Gasteiger partial charge in [0.2, 0.25) is 0 Å². The topological polar surface area (TPSA) is 37.1 Å². The van der Waals surface area contributed by atoms with Gasteiger partial charge in [0.15, 0.2) is 0 Å². The molecule has 2 bridgehead atoms. The lowest BCUT2D eigenvalue weighted by Crippen LogP contribution is -3.17. The van der Waals surface area contributed by atoms with Crippen molar-refractivity contribution < 1.29 is 14.7 Å². The van der Waals surface area contributed by atoms with Gasteiger partial charge >= 0.3 is 0 Å². The number of nitrogens with zero attached hydrogens (tertiary/aromatic N) is 1. The molecule has 1 aliphatic carbocycles. The summed E-state index contributed by atoms with van der Waals surface area (Å²) in [6.45, 7) is 19.2. The molecule has 0 aromatic heterocycles. The van der Waals surface area contributed by atoms with Crippen LogP contribution >= 0.6 is 0 Å². The van der Waals surface area contributed by atoms with E-state index in [0.717, 1.165) is 36.1 Å². The van der Waals surface area contributed by atoms with E-state index in [4.69, 9.17) is 4.74 Å². The SMILES string of the molecule is C1C[NH+]2CCN1CC2.CCCCCc1cc2c(c(O)c1C)[C@@H]1C=C(C)CC[C@H]1C(C)(C)O2. The fourth-order valence-corrected chi connectivity index (χ4v) is 6.20. The molecule has 6 rings (SSSR count). The number of aryl methyl sites for hydroxylation is 1. The Morgan fingerprint density at radius 3 is 2.38 bits per heavy atom. The average molecular weight is 442 g/mol. The predicted octanol–water partition coefficient (Wildman–Crippen LogP) is 4.24. The molecule has 3 saturated heterocycles. The number of phenols is 1. The summed E-state index contributed by atoms with van der Waals surface area (Å²) >= 11 is 0. The largest absolute Gasteiger partial charge is 0.507 e. The number of hydrogen-bond donors (Lipinski definition) is 2. The van der Waals surface area contributed by atoms with Crippen molar-refractivity contribution >= 4 is 0 Å². The number of allylic oxidation sites excluding steroid dienone is 2. The third-order valence-corrected chi connectivity index (χ3v) is 8.40. The Morgan fingerprint density at radius 1 is 1.12 bits per heavy atom. The van der Waals surface area contributed by atoms with Crippen molar-refractivity contribution in [2.24, 2.45) is 5.92 Å². The third-order valence-electron chi connectivity index (χ3n) is 8.40. The zero-order valence-electron chi connectivity index (χ0n) is 21.1. The number of rotatable bonds is 4. The quantitative estimate of drug-likeness (QED) is 0.542.